The van der Waals surface area contributed by atoms with Crippen molar-refractivity contribution in [2.75, 3.05) is 44.3 Å². The molecule has 4 aromatic carbocycles. The maximum Gasteiger partial charge on any atom is 0.416 e. The number of aliphatic hydroxyl groups is 3. The summed E-state index contributed by atoms with van der Waals surface area (Å²) in [6.45, 7) is 11.3. The third-order valence-electron chi connectivity index (χ3n) is 14.0. The molecule has 5 aliphatic heterocycles. The summed E-state index contributed by atoms with van der Waals surface area (Å²) >= 11 is 0. The number of imide groups is 1. The van der Waals surface area contributed by atoms with Crippen LogP contribution in [0.1, 0.15) is 106 Å². The highest BCUT2D eigenvalue weighted by Gasteiger charge is 2.55. The van der Waals surface area contributed by atoms with Crippen LogP contribution < -0.4 is 19.3 Å². The summed E-state index contributed by atoms with van der Waals surface area (Å²) in [6, 6.07) is 20.4. The van der Waals surface area contributed by atoms with Gasteiger partial charge in [0.1, 0.15) is 11.5 Å². The highest BCUT2D eigenvalue weighted by molar-refractivity contribution is 6.13. The first-order valence-corrected chi connectivity index (χ1v) is 25.3. The van der Waals surface area contributed by atoms with Crippen LogP contribution >= 0.6 is 0 Å². The second kappa shape index (κ2) is 23.8. The minimum Gasteiger partial charge on any atom is -0.497 e. The monoisotopic (exact) mass is 1060 g/mol. The number of hydrogen-bond donors (Lipinski definition) is 3. The molecule has 0 fully saturated rings. The number of unbranched alkanes of at least 4 members (excludes halogenated alkanes) is 1. The third kappa shape index (κ3) is 11.5. The minimum atomic E-state index is -2.07. The summed E-state index contributed by atoms with van der Waals surface area (Å²) in [5.74, 6) is -0.627. The van der Waals surface area contributed by atoms with Crippen molar-refractivity contribution in [2.45, 2.75) is 104 Å². The molecule has 4 aromatic rings. The number of carbonyl (C=O) groups excluding carboxylic acids is 7. The Kier molecular flexibility index (Phi) is 17.5. The van der Waals surface area contributed by atoms with Crippen LogP contribution in [0.4, 0.5) is 21.0 Å². The molecule has 0 aliphatic carbocycles. The molecule has 0 bridgehead atoms. The van der Waals surface area contributed by atoms with Gasteiger partial charge in [-0.15, -0.1) is 0 Å². The number of hydrogen-bond acceptors (Lipinski definition) is 14. The van der Waals surface area contributed by atoms with Crippen LogP contribution in [0.25, 0.3) is 11.1 Å². The molecule has 4 atom stereocenters. The van der Waals surface area contributed by atoms with E-state index in [0.29, 0.717) is 29.9 Å². The second-order valence-electron chi connectivity index (χ2n) is 19.3. The second-order valence-corrected chi connectivity index (χ2v) is 19.3. The van der Waals surface area contributed by atoms with E-state index < -0.39 is 48.9 Å². The van der Waals surface area contributed by atoms with Crippen molar-refractivity contribution >= 4 is 64.1 Å². The number of aliphatic hydroxyl groups excluding tert-OH is 2. The summed E-state index contributed by atoms with van der Waals surface area (Å²) in [5.41, 5.74) is 5.14. The number of nitrogens with zero attached hydrogens (tertiary/aromatic N) is 5. The van der Waals surface area contributed by atoms with E-state index in [0.717, 1.165) is 58.6 Å². The maximum absolute atomic E-state index is 13.8. The van der Waals surface area contributed by atoms with Gasteiger partial charge in [-0.05, 0) is 140 Å². The van der Waals surface area contributed by atoms with Crippen molar-refractivity contribution in [3.05, 3.63) is 142 Å². The fourth-order valence-corrected chi connectivity index (χ4v) is 9.50. The predicted octanol–water partition coefficient (Wildman–Crippen LogP) is 7.72. The number of carbonyl (C=O) groups is 7. The van der Waals surface area contributed by atoms with Gasteiger partial charge in [0.15, 0.2) is 30.6 Å². The van der Waals surface area contributed by atoms with Gasteiger partial charge in [-0.2, -0.15) is 0 Å². The lowest BCUT2D eigenvalue weighted by Crippen LogP contribution is -2.60. The molecule has 5 heterocycles. The van der Waals surface area contributed by atoms with Crippen molar-refractivity contribution in [2.24, 2.45) is 0 Å². The largest absolute Gasteiger partial charge is 0.497 e. The van der Waals surface area contributed by atoms with Gasteiger partial charge in [-0.25, -0.2) is 19.4 Å². The Balaban J connectivity index is 0.000000223. The number of Topliss-reactive ketones (excluding diaryl/α,β-unsaturated/α-hetero) is 1. The summed E-state index contributed by atoms with van der Waals surface area (Å²) < 4.78 is 20.6. The lowest BCUT2D eigenvalue weighted by Gasteiger charge is -2.38. The van der Waals surface area contributed by atoms with Crippen LogP contribution in [-0.2, 0) is 23.9 Å². The molecule has 0 saturated carbocycles. The number of ether oxygens (including phenoxy) is 4. The fourth-order valence-electron chi connectivity index (χ4n) is 9.50. The van der Waals surface area contributed by atoms with E-state index in [1.807, 2.05) is 52.0 Å². The Morgan fingerprint density at radius 1 is 0.662 bits per heavy atom. The molecule has 19 heteroatoms. The zero-order valence-electron chi connectivity index (χ0n) is 44.7. The van der Waals surface area contributed by atoms with Crippen LogP contribution in [0.15, 0.2) is 97.3 Å². The van der Waals surface area contributed by atoms with E-state index >= 15 is 0 Å². The number of rotatable bonds is 11. The van der Waals surface area contributed by atoms with Crippen LogP contribution in [-0.4, -0.2) is 130 Å². The fraction of sp³-hybridized carbons (Fsp3) is 0.362. The Bertz CT molecular complexity index is 3040. The number of amides is 6. The molecule has 406 valence electrons. The van der Waals surface area contributed by atoms with Crippen molar-refractivity contribution in [1.82, 2.24) is 14.7 Å². The molecule has 3 N–H and O–H groups in total. The molecular weight excluding hydrogens is 991 g/mol. The summed E-state index contributed by atoms with van der Waals surface area (Å²) in [7, 11) is 4.32. The van der Waals surface area contributed by atoms with Gasteiger partial charge in [0.25, 0.3) is 23.6 Å². The third-order valence-corrected chi connectivity index (χ3v) is 14.0. The number of aryl methyl sites for hydroxylation is 4. The first kappa shape index (κ1) is 56.6. The van der Waals surface area contributed by atoms with Gasteiger partial charge in [0.05, 0.1) is 49.9 Å². The van der Waals surface area contributed by atoms with Gasteiger partial charge >= 0.3 is 12.2 Å². The molecular formula is C58H65N5O14. The average molecular weight is 1060 g/mol. The zero-order chi connectivity index (χ0) is 56.0. The van der Waals surface area contributed by atoms with Crippen molar-refractivity contribution in [3.8, 4) is 11.5 Å². The van der Waals surface area contributed by atoms with Crippen molar-refractivity contribution in [1.29, 1.82) is 0 Å². The highest BCUT2D eigenvalue weighted by atomic mass is 16.6. The molecule has 9 rings (SSSR count). The number of ketones is 1. The van der Waals surface area contributed by atoms with E-state index in [9.17, 15) is 48.9 Å². The normalized spacial score (nSPS) is 20.1. The van der Waals surface area contributed by atoms with E-state index in [4.69, 9.17) is 18.9 Å². The molecule has 0 saturated heterocycles. The molecule has 6 amide bonds. The first-order chi connectivity index (χ1) is 36.7. The van der Waals surface area contributed by atoms with Gasteiger partial charge in [-0.1, -0.05) is 44.5 Å². The first-order valence-electron chi connectivity index (χ1n) is 25.3. The van der Waals surface area contributed by atoms with Crippen LogP contribution in [0.5, 0.6) is 11.5 Å². The molecule has 0 spiro atoms. The zero-order valence-corrected chi connectivity index (χ0v) is 44.7. The number of fused-ring (bicyclic) bond motifs is 4. The highest BCUT2D eigenvalue weighted by Crippen LogP contribution is 2.45. The van der Waals surface area contributed by atoms with E-state index in [-0.39, 0.29) is 71.8 Å². The Labute approximate surface area is 447 Å². The quantitative estimate of drug-likeness (QED) is 0.0965. The number of methoxy groups -OCH3 is 3. The average Bonchev–Trinajstić information content (AvgIpc) is 4.18. The Hall–Kier alpha value is -8.13. The van der Waals surface area contributed by atoms with Crippen LogP contribution in [0.3, 0.4) is 0 Å². The summed E-state index contributed by atoms with van der Waals surface area (Å²) in [6.07, 6.45) is 2.97. The van der Waals surface area contributed by atoms with E-state index in [1.165, 1.54) is 36.8 Å². The number of anilines is 2. The molecule has 0 unspecified atom stereocenters. The minimum absolute atomic E-state index is 0.0777. The van der Waals surface area contributed by atoms with E-state index in [1.54, 1.807) is 69.0 Å². The summed E-state index contributed by atoms with van der Waals surface area (Å²) in [4.78, 5) is 94.9. The Morgan fingerprint density at radius 2 is 1.17 bits per heavy atom. The van der Waals surface area contributed by atoms with E-state index in [2.05, 4.69) is 13.8 Å². The predicted molar refractivity (Wildman–Crippen MR) is 285 cm³/mol. The number of benzene rings is 4. The lowest BCUT2D eigenvalue weighted by molar-refractivity contribution is -0.136. The molecule has 5 aliphatic rings. The standard InChI is InChI=1S/C32H33N3O8.C23H24N2O6.C3H8/c1-19-14-25-26(15-20(19)2)35(32(41)43-18-23(36)6-4-5-13-33-28(37)11-12-29(33)38)31(40)27-16-22(17-34(27)30(25)39)21-7-9-24(42-3)10-8-21;1-13-9-18-19(10-14(13)2)25(22(28)31-4)21(27)23(29)11-16(12-24(23)20(18)26)15-5-7-17(30-3)8-6-15;1-3-2/h7-12,14-15,17,27,31,40H,4-6,13,16,18H2,1-3H3;5-10,12,21,27,29H,11H2,1-4H3;3H2,1-2H3/t27-,31-;21-,23+;/m00./s1. The van der Waals surface area contributed by atoms with Gasteiger partial charge in [-0.3, -0.25) is 33.8 Å². The topological polar surface area (TPSA) is 233 Å². The van der Waals surface area contributed by atoms with Crippen LogP contribution in [0, 0.1) is 27.7 Å². The molecule has 0 radical (unpaired) electrons. The molecule has 19 nitrogen and oxygen atoms in total. The smallest absolute Gasteiger partial charge is 0.416 e. The Morgan fingerprint density at radius 3 is 1.70 bits per heavy atom. The summed E-state index contributed by atoms with van der Waals surface area (Å²) in [5, 5.41) is 34.3. The van der Waals surface area contributed by atoms with Crippen LogP contribution in [0.2, 0.25) is 0 Å². The van der Waals surface area contributed by atoms with Crippen molar-refractivity contribution < 1.29 is 67.8 Å². The molecule has 77 heavy (non-hydrogen) atoms. The molecule has 0 aromatic heterocycles. The SMILES string of the molecule is CCC.COC(=O)N1c2cc(C)c(C)cc2C(=O)N2C=C(c3ccc(OC)cc3)C[C@@]2(O)[C@@H]1O.COc1ccc(C2=CN3C(=O)c4cc(C)c(C)cc4N(C(=O)OCC(=O)CCCCN4C(=O)C=CC4=O)[C@@H](O)[C@@H]3C2)cc1. The van der Waals surface area contributed by atoms with Gasteiger partial charge < -0.3 is 39.2 Å². The lowest BCUT2D eigenvalue weighted by atomic mass is 9.98. The van der Waals surface area contributed by atoms with Gasteiger partial charge in [0.2, 0.25) is 0 Å². The van der Waals surface area contributed by atoms with Gasteiger partial charge in [0, 0.05) is 43.9 Å². The maximum atomic E-state index is 13.8. The van der Waals surface area contributed by atoms with Crippen molar-refractivity contribution in [3.63, 3.8) is 0 Å².